The molecule has 3 rings (SSSR count). The Morgan fingerprint density at radius 1 is 0.833 bits per heavy atom. The van der Waals surface area contributed by atoms with Crippen molar-refractivity contribution in [2.75, 3.05) is 11.9 Å². The van der Waals surface area contributed by atoms with Crippen LogP contribution in [0.5, 0.6) is 0 Å². The molecule has 2 aromatic carbocycles. The summed E-state index contributed by atoms with van der Waals surface area (Å²) in [6.45, 7) is 0.199. The van der Waals surface area contributed by atoms with Gasteiger partial charge in [0.15, 0.2) is 0 Å². The molecule has 4 heteroatoms. The Balaban J connectivity index is 1.70. The van der Waals surface area contributed by atoms with Crippen molar-refractivity contribution in [3.05, 3.63) is 96.2 Å². The van der Waals surface area contributed by atoms with Crippen molar-refractivity contribution in [1.82, 2.24) is 10.3 Å². The molecule has 1 aromatic heterocycles. The molecule has 0 saturated heterocycles. The van der Waals surface area contributed by atoms with Crippen LogP contribution in [-0.4, -0.2) is 17.4 Å². The number of nitrogens with one attached hydrogen (secondary N) is 2. The first kappa shape index (κ1) is 15.9. The largest absolute Gasteiger partial charge is 0.310 e. The first-order chi connectivity index (χ1) is 11.8. The van der Waals surface area contributed by atoms with Crippen LogP contribution in [0.25, 0.3) is 0 Å². The quantitative estimate of drug-likeness (QED) is 0.732. The number of aromatic nitrogens is 1. The molecule has 0 atom stereocenters. The number of hydrogen-bond donors (Lipinski definition) is 2. The summed E-state index contributed by atoms with van der Waals surface area (Å²) in [5.41, 5.74) is 2.24. The van der Waals surface area contributed by atoms with Crippen LogP contribution < -0.4 is 10.6 Å². The van der Waals surface area contributed by atoms with E-state index in [1.54, 1.807) is 12.3 Å². The number of carbonyl (C=O) groups excluding carboxylic acids is 1. The zero-order valence-corrected chi connectivity index (χ0v) is 13.2. The lowest BCUT2D eigenvalue weighted by molar-refractivity contribution is -0.115. The molecule has 24 heavy (non-hydrogen) atoms. The van der Waals surface area contributed by atoms with E-state index in [9.17, 15) is 4.79 Å². The lowest BCUT2D eigenvalue weighted by Gasteiger charge is -2.19. The number of amides is 1. The summed E-state index contributed by atoms with van der Waals surface area (Å²) in [5.74, 6) is 0.436. The van der Waals surface area contributed by atoms with E-state index in [1.807, 2.05) is 48.5 Å². The standard InChI is InChI=1S/C20H19N3O/c24-19(23-18-13-7-8-14-21-18)15-22-20(16-9-3-1-4-10-16)17-11-5-2-6-12-17/h1-14,20,22H,15H2,(H,21,23,24). The molecule has 0 spiro atoms. The summed E-state index contributed by atoms with van der Waals surface area (Å²) in [6, 6.07) is 25.6. The van der Waals surface area contributed by atoms with Gasteiger partial charge in [0.1, 0.15) is 5.82 Å². The first-order valence-electron chi connectivity index (χ1n) is 7.87. The maximum absolute atomic E-state index is 12.2. The minimum atomic E-state index is -0.120. The van der Waals surface area contributed by atoms with Crippen molar-refractivity contribution < 1.29 is 4.79 Å². The fourth-order valence-electron chi connectivity index (χ4n) is 2.54. The van der Waals surface area contributed by atoms with Gasteiger partial charge < -0.3 is 5.32 Å². The average molecular weight is 317 g/mol. The van der Waals surface area contributed by atoms with Crippen LogP contribution in [0.2, 0.25) is 0 Å². The Morgan fingerprint density at radius 3 is 1.96 bits per heavy atom. The second-order valence-corrected chi connectivity index (χ2v) is 5.40. The van der Waals surface area contributed by atoms with Gasteiger partial charge in [0.25, 0.3) is 0 Å². The van der Waals surface area contributed by atoms with Crippen LogP contribution in [0.1, 0.15) is 17.2 Å². The van der Waals surface area contributed by atoms with Crippen molar-refractivity contribution in [3.8, 4) is 0 Å². The first-order valence-corrected chi connectivity index (χ1v) is 7.87. The summed E-state index contributed by atoms with van der Waals surface area (Å²) < 4.78 is 0. The third kappa shape index (κ3) is 4.27. The maximum Gasteiger partial charge on any atom is 0.239 e. The predicted molar refractivity (Wildman–Crippen MR) is 95.6 cm³/mol. The predicted octanol–water partition coefficient (Wildman–Crippen LogP) is 3.40. The molecular weight excluding hydrogens is 298 g/mol. The molecule has 0 aliphatic heterocycles. The van der Waals surface area contributed by atoms with Crippen molar-refractivity contribution in [2.24, 2.45) is 0 Å². The van der Waals surface area contributed by atoms with E-state index < -0.39 is 0 Å². The van der Waals surface area contributed by atoms with E-state index in [4.69, 9.17) is 0 Å². The normalized spacial score (nSPS) is 10.5. The van der Waals surface area contributed by atoms with Crippen molar-refractivity contribution >= 4 is 11.7 Å². The van der Waals surface area contributed by atoms with E-state index in [2.05, 4.69) is 39.9 Å². The minimum Gasteiger partial charge on any atom is -0.310 e. The van der Waals surface area contributed by atoms with Gasteiger partial charge in [-0.1, -0.05) is 66.7 Å². The highest BCUT2D eigenvalue weighted by Crippen LogP contribution is 2.21. The molecule has 0 saturated carbocycles. The van der Waals surface area contributed by atoms with Crippen LogP contribution >= 0.6 is 0 Å². The van der Waals surface area contributed by atoms with Crippen LogP contribution in [0.3, 0.4) is 0 Å². The van der Waals surface area contributed by atoms with E-state index in [0.29, 0.717) is 5.82 Å². The third-order valence-corrected chi connectivity index (χ3v) is 3.66. The van der Waals surface area contributed by atoms with Crippen LogP contribution in [0, 0.1) is 0 Å². The van der Waals surface area contributed by atoms with E-state index >= 15 is 0 Å². The minimum absolute atomic E-state index is 0.0399. The summed E-state index contributed by atoms with van der Waals surface area (Å²) in [4.78, 5) is 16.3. The third-order valence-electron chi connectivity index (χ3n) is 3.66. The Kier molecular flexibility index (Phi) is 5.32. The van der Waals surface area contributed by atoms with Crippen molar-refractivity contribution in [1.29, 1.82) is 0 Å². The smallest absolute Gasteiger partial charge is 0.239 e. The molecule has 4 nitrogen and oxygen atoms in total. The van der Waals surface area contributed by atoms with Gasteiger partial charge in [-0.05, 0) is 23.3 Å². The van der Waals surface area contributed by atoms with Gasteiger partial charge in [0, 0.05) is 6.20 Å². The summed E-state index contributed by atoms with van der Waals surface area (Å²) in [6.07, 6.45) is 1.65. The number of benzene rings is 2. The molecule has 120 valence electrons. The zero-order valence-electron chi connectivity index (χ0n) is 13.2. The number of rotatable bonds is 6. The van der Waals surface area contributed by atoms with Gasteiger partial charge in [0.05, 0.1) is 12.6 Å². The van der Waals surface area contributed by atoms with Crippen LogP contribution in [0.4, 0.5) is 5.82 Å². The SMILES string of the molecule is O=C(CNC(c1ccccc1)c1ccccc1)Nc1ccccn1. The fourth-order valence-corrected chi connectivity index (χ4v) is 2.54. The highest BCUT2D eigenvalue weighted by atomic mass is 16.1. The number of hydrogen-bond acceptors (Lipinski definition) is 3. The number of carbonyl (C=O) groups is 1. The van der Waals surface area contributed by atoms with Crippen LogP contribution in [0.15, 0.2) is 85.1 Å². The van der Waals surface area contributed by atoms with Gasteiger partial charge in [-0.2, -0.15) is 0 Å². The van der Waals surface area contributed by atoms with Crippen molar-refractivity contribution in [2.45, 2.75) is 6.04 Å². The molecule has 0 aliphatic carbocycles. The van der Waals surface area contributed by atoms with E-state index in [1.165, 1.54) is 0 Å². The highest BCUT2D eigenvalue weighted by Gasteiger charge is 2.14. The van der Waals surface area contributed by atoms with Gasteiger partial charge in [-0.3, -0.25) is 10.1 Å². The number of pyridine rings is 1. The number of anilines is 1. The van der Waals surface area contributed by atoms with Gasteiger partial charge in [-0.25, -0.2) is 4.98 Å². The summed E-state index contributed by atoms with van der Waals surface area (Å²) in [7, 11) is 0. The second-order valence-electron chi connectivity index (χ2n) is 5.40. The Bertz CT molecular complexity index is 721. The average Bonchev–Trinajstić information content (AvgIpc) is 2.64. The van der Waals surface area contributed by atoms with E-state index in [0.717, 1.165) is 11.1 Å². The van der Waals surface area contributed by atoms with Gasteiger partial charge >= 0.3 is 0 Å². The highest BCUT2D eigenvalue weighted by molar-refractivity contribution is 5.91. The monoisotopic (exact) mass is 317 g/mol. The summed E-state index contributed by atoms with van der Waals surface area (Å²) >= 11 is 0. The second kappa shape index (κ2) is 8.04. The Labute approximate surface area is 141 Å². The molecule has 0 bridgehead atoms. The molecule has 2 N–H and O–H groups in total. The fraction of sp³-hybridized carbons (Fsp3) is 0.100. The molecule has 0 fully saturated rings. The lowest BCUT2D eigenvalue weighted by atomic mass is 9.99. The molecular formula is C20H19N3O. The molecule has 0 unspecified atom stereocenters. The van der Waals surface area contributed by atoms with E-state index in [-0.39, 0.29) is 18.5 Å². The molecule has 1 amide bonds. The molecule has 1 heterocycles. The summed E-state index contributed by atoms with van der Waals surface area (Å²) in [5, 5.41) is 6.12. The molecule has 3 aromatic rings. The van der Waals surface area contributed by atoms with Gasteiger partial charge in [0.2, 0.25) is 5.91 Å². The van der Waals surface area contributed by atoms with Crippen molar-refractivity contribution in [3.63, 3.8) is 0 Å². The van der Waals surface area contributed by atoms with Crippen LogP contribution in [-0.2, 0) is 4.79 Å². The topological polar surface area (TPSA) is 54.0 Å². The Morgan fingerprint density at radius 2 is 1.42 bits per heavy atom. The molecule has 0 aliphatic rings. The molecule has 0 radical (unpaired) electrons. The number of nitrogens with zero attached hydrogens (tertiary/aromatic N) is 1. The lowest BCUT2D eigenvalue weighted by Crippen LogP contribution is -2.32. The Hall–Kier alpha value is -2.98. The zero-order chi connectivity index (χ0) is 16.6. The maximum atomic E-state index is 12.2. The van der Waals surface area contributed by atoms with Gasteiger partial charge in [-0.15, -0.1) is 0 Å².